The molecule has 0 amide bonds. The highest BCUT2D eigenvalue weighted by molar-refractivity contribution is 5.73. The lowest BCUT2D eigenvalue weighted by Gasteiger charge is -2.10. The number of hydrogen-bond donors (Lipinski definition) is 0. The summed E-state index contributed by atoms with van der Waals surface area (Å²) >= 11 is 0. The van der Waals surface area contributed by atoms with E-state index in [1.807, 2.05) is 13.0 Å². The summed E-state index contributed by atoms with van der Waals surface area (Å²) in [5.74, 6) is 0.392. The molecule has 0 spiro atoms. The summed E-state index contributed by atoms with van der Waals surface area (Å²) in [5.41, 5.74) is 6.80. The molecule has 0 unspecified atom stereocenters. The van der Waals surface area contributed by atoms with Gasteiger partial charge in [0.1, 0.15) is 5.69 Å². The molecule has 0 bridgehead atoms. The Hall–Kier alpha value is -3.74. The van der Waals surface area contributed by atoms with Gasteiger partial charge < -0.3 is 14.0 Å². The van der Waals surface area contributed by atoms with Crippen molar-refractivity contribution in [3.63, 3.8) is 0 Å². The van der Waals surface area contributed by atoms with Crippen molar-refractivity contribution in [3.05, 3.63) is 71.8 Å². The Bertz CT molecular complexity index is 1190. The zero-order valence-corrected chi connectivity index (χ0v) is 17.5. The molecule has 0 radical (unpaired) electrons. The van der Waals surface area contributed by atoms with Crippen molar-refractivity contribution in [2.45, 2.75) is 20.4 Å². The Labute approximate surface area is 175 Å². The van der Waals surface area contributed by atoms with E-state index < -0.39 is 0 Å². The van der Waals surface area contributed by atoms with E-state index >= 15 is 0 Å². The van der Waals surface area contributed by atoms with Crippen LogP contribution in [0.1, 0.15) is 16.8 Å². The smallest absolute Gasteiger partial charge is 0.319 e. The van der Waals surface area contributed by atoms with Crippen LogP contribution in [-0.4, -0.2) is 39.0 Å². The predicted octanol–water partition coefficient (Wildman–Crippen LogP) is 4.08. The molecule has 0 atom stereocenters. The quantitative estimate of drug-likeness (QED) is 0.485. The number of methoxy groups -OCH3 is 2. The van der Waals surface area contributed by atoms with Crippen LogP contribution in [0.15, 0.2) is 55.0 Å². The molecule has 0 fully saturated rings. The van der Waals surface area contributed by atoms with Crippen LogP contribution in [-0.2, 0) is 6.54 Å². The Morgan fingerprint density at radius 3 is 2.57 bits per heavy atom. The molecule has 7 heteroatoms. The molecule has 0 N–H and O–H groups in total. The lowest BCUT2D eigenvalue weighted by Crippen LogP contribution is -2.00. The molecule has 7 nitrogen and oxygen atoms in total. The van der Waals surface area contributed by atoms with Crippen LogP contribution < -0.4 is 9.47 Å². The van der Waals surface area contributed by atoms with Crippen LogP contribution >= 0.6 is 0 Å². The van der Waals surface area contributed by atoms with Gasteiger partial charge in [-0.3, -0.25) is 0 Å². The van der Waals surface area contributed by atoms with Gasteiger partial charge in [-0.1, -0.05) is 24.3 Å². The average Bonchev–Trinajstić information content (AvgIpc) is 3.23. The monoisotopic (exact) mass is 401 g/mol. The highest BCUT2D eigenvalue weighted by atomic mass is 16.5. The van der Waals surface area contributed by atoms with Crippen molar-refractivity contribution in [2.24, 2.45) is 0 Å². The van der Waals surface area contributed by atoms with Crippen molar-refractivity contribution < 1.29 is 9.47 Å². The number of aryl methyl sites for hydroxylation is 2. The van der Waals surface area contributed by atoms with Crippen molar-refractivity contribution in [3.8, 4) is 34.3 Å². The van der Waals surface area contributed by atoms with Gasteiger partial charge in [-0.05, 0) is 37.1 Å². The van der Waals surface area contributed by atoms with Crippen LogP contribution in [0.3, 0.4) is 0 Å². The lowest BCUT2D eigenvalue weighted by molar-refractivity contribution is 0.353. The minimum absolute atomic E-state index is 0.240. The summed E-state index contributed by atoms with van der Waals surface area (Å²) in [5, 5.41) is 8.68. The van der Waals surface area contributed by atoms with E-state index in [1.165, 1.54) is 18.2 Å². The average molecular weight is 401 g/mol. The molecule has 152 valence electrons. The summed E-state index contributed by atoms with van der Waals surface area (Å²) in [6.07, 6.45) is 5.84. The second-order valence-corrected chi connectivity index (χ2v) is 7.01. The van der Waals surface area contributed by atoms with Crippen LogP contribution in [0.25, 0.3) is 22.4 Å². The Balaban J connectivity index is 1.68. The number of nitrogens with zero attached hydrogens (tertiary/aromatic N) is 5. The largest absolute Gasteiger partial charge is 0.480 e. The Morgan fingerprint density at radius 2 is 1.80 bits per heavy atom. The third-order valence-electron chi connectivity index (χ3n) is 5.04. The topological polar surface area (TPSA) is 75.0 Å². The van der Waals surface area contributed by atoms with Crippen molar-refractivity contribution in [2.75, 3.05) is 14.2 Å². The molecule has 0 aliphatic heterocycles. The Morgan fingerprint density at radius 1 is 0.967 bits per heavy atom. The molecule has 4 rings (SSSR count). The first kappa shape index (κ1) is 19.6. The first-order chi connectivity index (χ1) is 14.6. The van der Waals surface area contributed by atoms with E-state index in [9.17, 15) is 0 Å². The highest BCUT2D eigenvalue weighted by Crippen LogP contribution is 2.31. The summed E-state index contributed by atoms with van der Waals surface area (Å²) in [6.45, 7) is 4.90. The molecular formula is C23H23N5O2. The van der Waals surface area contributed by atoms with Crippen LogP contribution in [0.2, 0.25) is 0 Å². The fraction of sp³-hybridized carbons (Fsp3) is 0.217. The van der Waals surface area contributed by atoms with Gasteiger partial charge in [0.2, 0.25) is 5.88 Å². The van der Waals surface area contributed by atoms with Crippen molar-refractivity contribution >= 4 is 0 Å². The molecular weight excluding hydrogens is 378 g/mol. The van der Waals surface area contributed by atoms with Gasteiger partial charge in [-0.2, -0.15) is 10.1 Å². The SMILES string of the molecule is COc1ncc(-c2cc(-c3ccn(Cc4ccccc4C)c3)c(C)nn2)c(OC)n1. The fourth-order valence-electron chi connectivity index (χ4n) is 3.34. The standard InChI is InChI=1S/C23H23N5O2/c1-15-7-5-6-8-17(15)13-28-10-9-18(14-28)19-11-21(27-26-16(19)2)20-12-24-23(30-4)25-22(20)29-3/h5-12,14H,13H2,1-4H3. The van der Waals surface area contributed by atoms with Crippen molar-refractivity contribution in [1.82, 2.24) is 24.7 Å². The summed E-state index contributed by atoms with van der Waals surface area (Å²) in [7, 11) is 3.07. The van der Waals surface area contributed by atoms with Crippen LogP contribution in [0, 0.1) is 13.8 Å². The molecule has 30 heavy (non-hydrogen) atoms. The van der Waals surface area contributed by atoms with E-state index in [-0.39, 0.29) is 6.01 Å². The maximum Gasteiger partial charge on any atom is 0.319 e. The van der Waals surface area contributed by atoms with Gasteiger partial charge in [0.05, 0.1) is 25.5 Å². The van der Waals surface area contributed by atoms with Gasteiger partial charge in [0, 0.05) is 36.3 Å². The first-order valence-electron chi connectivity index (χ1n) is 9.59. The number of rotatable bonds is 6. The van der Waals surface area contributed by atoms with E-state index in [0.717, 1.165) is 23.4 Å². The normalized spacial score (nSPS) is 10.8. The van der Waals surface area contributed by atoms with Gasteiger partial charge in [0.25, 0.3) is 0 Å². The first-order valence-corrected chi connectivity index (χ1v) is 9.59. The molecule has 0 aliphatic rings. The zero-order chi connectivity index (χ0) is 21.1. The molecule has 1 aromatic carbocycles. The number of hydrogen-bond acceptors (Lipinski definition) is 6. The second-order valence-electron chi connectivity index (χ2n) is 7.01. The van der Waals surface area contributed by atoms with E-state index in [2.05, 4.69) is 74.4 Å². The summed E-state index contributed by atoms with van der Waals surface area (Å²) < 4.78 is 12.7. The minimum Gasteiger partial charge on any atom is -0.480 e. The summed E-state index contributed by atoms with van der Waals surface area (Å²) in [4.78, 5) is 8.42. The Kier molecular flexibility index (Phi) is 5.43. The maximum atomic E-state index is 5.40. The minimum atomic E-state index is 0.240. The molecule has 0 saturated carbocycles. The maximum absolute atomic E-state index is 5.40. The summed E-state index contributed by atoms with van der Waals surface area (Å²) in [6, 6.07) is 12.7. The van der Waals surface area contributed by atoms with Gasteiger partial charge in [0.15, 0.2) is 0 Å². The molecule has 0 aliphatic carbocycles. The zero-order valence-electron chi connectivity index (χ0n) is 17.5. The van der Waals surface area contributed by atoms with Gasteiger partial charge in [-0.15, -0.1) is 5.10 Å². The molecule has 0 saturated heterocycles. The lowest BCUT2D eigenvalue weighted by atomic mass is 10.1. The van der Waals surface area contributed by atoms with Gasteiger partial charge >= 0.3 is 6.01 Å². The number of benzene rings is 1. The van der Waals surface area contributed by atoms with Crippen LogP contribution in [0.4, 0.5) is 0 Å². The van der Waals surface area contributed by atoms with Crippen LogP contribution in [0.5, 0.6) is 11.9 Å². The number of ether oxygens (including phenoxy) is 2. The van der Waals surface area contributed by atoms with E-state index in [1.54, 1.807) is 13.3 Å². The predicted molar refractivity (Wildman–Crippen MR) is 115 cm³/mol. The fourth-order valence-corrected chi connectivity index (χ4v) is 3.34. The molecule has 3 heterocycles. The third kappa shape index (κ3) is 3.87. The second kappa shape index (κ2) is 8.32. The van der Waals surface area contributed by atoms with Crippen molar-refractivity contribution in [1.29, 1.82) is 0 Å². The molecule has 4 aromatic rings. The molecule has 3 aromatic heterocycles. The van der Waals surface area contributed by atoms with E-state index in [4.69, 9.17) is 9.47 Å². The van der Waals surface area contributed by atoms with E-state index in [0.29, 0.717) is 17.1 Å². The highest BCUT2D eigenvalue weighted by Gasteiger charge is 2.15. The number of aromatic nitrogens is 5. The van der Waals surface area contributed by atoms with Gasteiger partial charge in [-0.25, -0.2) is 4.98 Å². The third-order valence-corrected chi connectivity index (χ3v) is 5.04.